The largest absolute Gasteiger partial charge is 0.259 e. The minimum Gasteiger partial charge on any atom is -0.259 e. The highest BCUT2D eigenvalue weighted by atomic mass is 32.2. The number of thiazole rings is 1. The van der Waals surface area contributed by atoms with Gasteiger partial charge in [0.25, 0.3) is 0 Å². The third-order valence-electron chi connectivity index (χ3n) is 3.03. The lowest BCUT2D eigenvalue weighted by molar-refractivity contribution is 0.681. The quantitative estimate of drug-likeness (QED) is 0.720. The standard InChI is InChI=1S/C16H15N3OS2/c1-12-4-2-5-13(8-12)10-22(20)11-14-9-21-16(19-14)15-17-6-3-7-18-15/h2-9H,10-11H2,1H3/t22-/m0/s1. The van der Waals surface area contributed by atoms with E-state index in [4.69, 9.17) is 0 Å². The van der Waals surface area contributed by atoms with E-state index in [-0.39, 0.29) is 0 Å². The Hall–Kier alpha value is -1.92. The van der Waals surface area contributed by atoms with Gasteiger partial charge in [0.1, 0.15) is 0 Å². The second-order valence-corrected chi connectivity index (χ2v) is 7.25. The molecule has 3 rings (SSSR count). The van der Waals surface area contributed by atoms with Gasteiger partial charge in [-0.1, -0.05) is 29.8 Å². The molecule has 0 fully saturated rings. The Balaban J connectivity index is 1.66. The maximum Gasteiger partial charge on any atom is 0.188 e. The molecule has 0 aliphatic heterocycles. The first-order chi connectivity index (χ1) is 10.7. The summed E-state index contributed by atoms with van der Waals surface area (Å²) in [5.41, 5.74) is 3.12. The van der Waals surface area contributed by atoms with Crippen LogP contribution in [-0.2, 0) is 22.3 Å². The molecule has 1 aromatic carbocycles. The van der Waals surface area contributed by atoms with Crippen LogP contribution in [0.1, 0.15) is 16.8 Å². The Bertz CT molecular complexity index is 787. The summed E-state index contributed by atoms with van der Waals surface area (Å²) in [6.45, 7) is 2.04. The van der Waals surface area contributed by atoms with Crippen molar-refractivity contribution in [1.82, 2.24) is 15.0 Å². The van der Waals surface area contributed by atoms with Crippen molar-refractivity contribution in [2.45, 2.75) is 18.4 Å². The van der Waals surface area contributed by atoms with Crippen molar-refractivity contribution in [2.75, 3.05) is 0 Å². The van der Waals surface area contributed by atoms with Crippen molar-refractivity contribution >= 4 is 22.1 Å². The molecule has 2 aromatic heterocycles. The van der Waals surface area contributed by atoms with Gasteiger partial charge in [0.2, 0.25) is 0 Å². The molecule has 22 heavy (non-hydrogen) atoms. The topological polar surface area (TPSA) is 55.7 Å². The van der Waals surface area contributed by atoms with Crippen molar-refractivity contribution in [1.29, 1.82) is 0 Å². The molecule has 112 valence electrons. The van der Waals surface area contributed by atoms with Gasteiger partial charge in [-0.2, -0.15) is 0 Å². The fourth-order valence-electron chi connectivity index (χ4n) is 2.09. The van der Waals surface area contributed by atoms with Crippen LogP contribution >= 0.6 is 11.3 Å². The summed E-state index contributed by atoms with van der Waals surface area (Å²) in [4.78, 5) is 12.8. The summed E-state index contributed by atoms with van der Waals surface area (Å²) in [6.07, 6.45) is 3.39. The molecule has 4 nitrogen and oxygen atoms in total. The van der Waals surface area contributed by atoms with Gasteiger partial charge in [-0.3, -0.25) is 4.21 Å². The van der Waals surface area contributed by atoms with Gasteiger partial charge in [-0.15, -0.1) is 11.3 Å². The van der Waals surface area contributed by atoms with Crippen molar-refractivity contribution in [3.63, 3.8) is 0 Å². The smallest absolute Gasteiger partial charge is 0.188 e. The number of nitrogens with zero attached hydrogens (tertiary/aromatic N) is 3. The first kappa shape index (κ1) is 15.0. The van der Waals surface area contributed by atoms with Crippen LogP contribution in [0.5, 0.6) is 0 Å². The first-order valence-electron chi connectivity index (χ1n) is 6.83. The maximum atomic E-state index is 12.3. The van der Waals surface area contributed by atoms with Crippen molar-refractivity contribution < 1.29 is 4.21 Å². The number of aromatic nitrogens is 3. The minimum atomic E-state index is -0.970. The molecule has 6 heteroatoms. The summed E-state index contributed by atoms with van der Waals surface area (Å²) in [7, 11) is -0.970. The average Bonchev–Trinajstić information content (AvgIpc) is 2.96. The normalized spacial score (nSPS) is 12.2. The molecule has 0 N–H and O–H groups in total. The molecule has 0 spiro atoms. The van der Waals surface area contributed by atoms with E-state index in [0.717, 1.165) is 16.3 Å². The molecule has 0 amide bonds. The maximum absolute atomic E-state index is 12.3. The van der Waals surface area contributed by atoms with Crippen molar-refractivity contribution in [3.05, 3.63) is 64.9 Å². The lowest BCUT2D eigenvalue weighted by Gasteiger charge is -2.02. The molecule has 0 bridgehead atoms. The molecule has 0 radical (unpaired) electrons. The molecule has 3 aromatic rings. The van der Waals surface area contributed by atoms with Crippen LogP contribution in [0.3, 0.4) is 0 Å². The van der Waals surface area contributed by atoms with Gasteiger partial charge in [-0.05, 0) is 18.6 Å². The highest BCUT2D eigenvalue weighted by molar-refractivity contribution is 7.83. The van der Waals surface area contributed by atoms with E-state index in [1.54, 1.807) is 18.5 Å². The zero-order chi connectivity index (χ0) is 15.4. The average molecular weight is 329 g/mol. The number of aryl methyl sites for hydroxylation is 1. The van der Waals surface area contributed by atoms with Gasteiger partial charge >= 0.3 is 0 Å². The Labute approximate surface area is 135 Å². The predicted molar refractivity (Wildman–Crippen MR) is 89.9 cm³/mol. The SMILES string of the molecule is Cc1cccc(C[S@](=O)Cc2csc(-c3ncccn3)n2)c1. The monoisotopic (exact) mass is 329 g/mol. The second kappa shape index (κ2) is 6.89. The highest BCUT2D eigenvalue weighted by Gasteiger charge is 2.10. The van der Waals surface area contributed by atoms with E-state index in [0.29, 0.717) is 17.3 Å². The van der Waals surface area contributed by atoms with Gasteiger partial charge in [0.05, 0.1) is 11.4 Å². The van der Waals surface area contributed by atoms with E-state index < -0.39 is 10.8 Å². The van der Waals surface area contributed by atoms with E-state index in [9.17, 15) is 4.21 Å². The Morgan fingerprint density at radius 2 is 1.95 bits per heavy atom. The summed E-state index contributed by atoms with van der Waals surface area (Å²) in [5.74, 6) is 1.62. The fourth-order valence-corrected chi connectivity index (χ4v) is 4.09. The third-order valence-corrected chi connectivity index (χ3v) is 5.19. The van der Waals surface area contributed by atoms with Gasteiger partial charge in [-0.25, -0.2) is 15.0 Å². The van der Waals surface area contributed by atoms with Crippen molar-refractivity contribution in [2.24, 2.45) is 0 Å². The Kier molecular flexibility index (Phi) is 4.70. The molecule has 0 aliphatic carbocycles. The van der Waals surface area contributed by atoms with Crippen LogP contribution in [-0.4, -0.2) is 19.2 Å². The van der Waals surface area contributed by atoms with Crippen LogP contribution in [0.25, 0.3) is 10.8 Å². The summed E-state index contributed by atoms with van der Waals surface area (Å²) in [6, 6.07) is 9.89. The predicted octanol–water partition coefficient (Wildman–Crippen LogP) is 3.36. The van der Waals surface area contributed by atoms with Crippen LogP contribution < -0.4 is 0 Å². The van der Waals surface area contributed by atoms with E-state index >= 15 is 0 Å². The fraction of sp³-hybridized carbons (Fsp3) is 0.188. The molecule has 0 saturated heterocycles. The molecule has 1 atom stereocenters. The van der Waals surface area contributed by atoms with Gasteiger partial charge < -0.3 is 0 Å². The van der Waals surface area contributed by atoms with Crippen LogP contribution in [0.4, 0.5) is 0 Å². The summed E-state index contributed by atoms with van der Waals surface area (Å²) < 4.78 is 12.3. The third kappa shape index (κ3) is 3.84. The summed E-state index contributed by atoms with van der Waals surface area (Å²) >= 11 is 1.48. The number of benzene rings is 1. The number of rotatable bonds is 5. The zero-order valence-electron chi connectivity index (χ0n) is 12.1. The molecule has 0 aliphatic rings. The molecule has 2 heterocycles. The van der Waals surface area contributed by atoms with Gasteiger partial charge in [0.15, 0.2) is 10.8 Å². The van der Waals surface area contributed by atoms with E-state index in [1.165, 1.54) is 16.9 Å². The highest BCUT2D eigenvalue weighted by Crippen LogP contribution is 2.20. The lowest BCUT2D eigenvalue weighted by Crippen LogP contribution is -2.00. The molecular formula is C16H15N3OS2. The lowest BCUT2D eigenvalue weighted by atomic mass is 10.2. The molecular weight excluding hydrogens is 314 g/mol. The van der Waals surface area contributed by atoms with E-state index in [2.05, 4.69) is 21.0 Å². The first-order valence-corrected chi connectivity index (χ1v) is 9.20. The minimum absolute atomic E-state index is 0.456. The van der Waals surface area contributed by atoms with Crippen molar-refractivity contribution in [3.8, 4) is 10.8 Å². The molecule has 0 saturated carbocycles. The number of hydrogen-bond donors (Lipinski definition) is 0. The molecule has 0 unspecified atom stereocenters. The van der Waals surface area contributed by atoms with E-state index in [1.807, 2.05) is 30.5 Å². The van der Waals surface area contributed by atoms with Crippen LogP contribution in [0.2, 0.25) is 0 Å². The zero-order valence-corrected chi connectivity index (χ0v) is 13.7. The summed E-state index contributed by atoms with van der Waals surface area (Å²) in [5, 5.41) is 2.70. The second-order valence-electron chi connectivity index (χ2n) is 4.93. The Morgan fingerprint density at radius 1 is 1.14 bits per heavy atom. The number of hydrogen-bond acceptors (Lipinski definition) is 5. The van der Waals surface area contributed by atoms with Crippen LogP contribution in [0, 0.1) is 6.92 Å². The Morgan fingerprint density at radius 3 is 2.73 bits per heavy atom. The van der Waals surface area contributed by atoms with Crippen LogP contribution in [0.15, 0.2) is 48.1 Å². The van der Waals surface area contributed by atoms with Gasteiger partial charge in [0, 0.05) is 34.3 Å².